The van der Waals surface area contributed by atoms with Gasteiger partial charge in [0.05, 0.1) is 6.61 Å². The van der Waals surface area contributed by atoms with Gasteiger partial charge in [0, 0.05) is 6.07 Å². The van der Waals surface area contributed by atoms with Gasteiger partial charge in [-0.1, -0.05) is 0 Å². The zero-order valence-corrected chi connectivity index (χ0v) is 10.9. The van der Waals surface area contributed by atoms with E-state index in [-0.39, 0.29) is 63.7 Å². The number of carbonyl (C=O) groups excluding carboxylic acids is 1. The van der Waals surface area contributed by atoms with Crippen LogP contribution < -0.4 is 56.5 Å². The standard InChI is InChI=1S/C6H7N3O4.K/c1-2-13-6(10)4-3-5(8-7-4)9(11)12;/h3H,2H2,1H3,(H,7,8,10);/q;+1/p-1. The van der Waals surface area contributed by atoms with Crippen molar-refractivity contribution in [1.82, 2.24) is 10.2 Å². The SMILES string of the molecule is CCOC(=O)c1cc([N+](=O)[O-])n[n-]1.[K+]. The van der Waals surface area contributed by atoms with Gasteiger partial charge in [-0.25, -0.2) is 4.79 Å². The number of carbonyl (C=O) groups is 1. The number of hydrogen-bond acceptors (Lipinski definition) is 5. The molecule has 1 rings (SSSR count). The van der Waals surface area contributed by atoms with E-state index < -0.39 is 16.7 Å². The molecule has 0 fully saturated rings. The Bertz CT molecular complexity index is 338. The third-order valence-electron chi connectivity index (χ3n) is 1.20. The molecule has 0 radical (unpaired) electrons. The smallest absolute Gasteiger partial charge is 0.464 e. The van der Waals surface area contributed by atoms with Crippen molar-refractivity contribution in [2.24, 2.45) is 0 Å². The van der Waals surface area contributed by atoms with Gasteiger partial charge >= 0.3 is 63.2 Å². The molecule has 1 aromatic rings. The third kappa shape index (κ3) is 3.46. The van der Waals surface area contributed by atoms with Crippen LogP contribution in [0.3, 0.4) is 0 Å². The zero-order chi connectivity index (χ0) is 9.84. The minimum absolute atomic E-state index is 0. The summed E-state index contributed by atoms with van der Waals surface area (Å²) >= 11 is 0. The van der Waals surface area contributed by atoms with Crippen LogP contribution in [0.2, 0.25) is 0 Å². The Morgan fingerprint density at radius 1 is 1.79 bits per heavy atom. The predicted molar refractivity (Wildman–Crippen MR) is 40.2 cm³/mol. The van der Waals surface area contributed by atoms with Gasteiger partial charge < -0.3 is 19.9 Å². The summed E-state index contributed by atoms with van der Waals surface area (Å²) in [6.07, 6.45) is 0. The number of esters is 1. The quantitative estimate of drug-likeness (QED) is 0.236. The van der Waals surface area contributed by atoms with Crippen molar-refractivity contribution in [2.75, 3.05) is 6.61 Å². The molecule has 0 bridgehead atoms. The van der Waals surface area contributed by atoms with Crippen molar-refractivity contribution in [3.8, 4) is 0 Å². The van der Waals surface area contributed by atoms with E-state index >= 15 is 0 Å². The average molecular weight is 223 g/mol. The molecule has 0 atom stereocenters. The van der Waals surface area contributed by atoms with Crippen molar-refractivity contribution >= 4 is 11.8 Å². The molecule has 8 heteroatoms. The number of nitro groups is 1. The Labute approximate surface area is 122 Å². The molecule has 7 nitrogen and oxygen atoms in total. The number of aromatic nitrogens is 2. The Hall–Kier alpha value is -0.284. The van der Waals surface area contributed by atoms with Crippen LogP contribution in [0, 0.1) is 10.1 Å². The second kappa shape index (κ2) is 6.25. The normalized spacial score (nSPS) is 8.93. The van der Waals surface area contributed by atoms with Gasteiger partial charge in [0.1, 0.15) is 0 Å². The van der Waals surface area contributed by atoms with Crippen LogP contribution in [-0.2, 0) is 4.74 Å². The summed E-state index contributed by atoms with van der Waals surface area (Å²) < 4.78 is 4.56. The Morgan fingerprint density at radius 2 is 2.43 bits per heavy atom. The largest absolute Gasteiger partial charge is 1.00 e. The molecule has 0 spiro atoms. The van der Waals surface area contributed by atoms with Gasteiger partial charge in [0.15, 0.2) is 0 Å². The van der Waals surface area contributed by atoms with E-state index in [1.165, 1.54) is 0 Å². The molecule has 1 aromatic heterocycles. The first-order chi connectivity index (χ1) is 6.15. The number of hydrogen-bond donors (Lipinski definition) is 0. The van der Waals surface area contributed by atoms with Crippen molar-refractivity contribution in [3.63, 3.8) is 0 Å². The summed E-state index contributed by atoms with van der Waals surface area (Å²) in [6.45, 7) is 1.82. The van der Waals surface area contributed by atoms with E-state index in [0.717, 1.165) is 6.07 Å². The van der Waals surface area contributed by atoms with Crippen LogP contribution in [0.25, 0.3) is 0 Å². The molecule has 0 saturated carbocycles. The van der Waals surface area contributed by atoms with Gasteiger partial charge in [0.2, 0.25) is 0 Å². The first-order valence-electron chi connectivity index (χ1n) is 3.47. The number of rotatable bonds is 3. The second-order valence-corrected chi connectivity index (χ2v) is 2.07. The molecule has 0 N–H and O–H groups in total. The van der Waals surface area contributed by atoms with Gasteiger partial charge in [-0.2, -0.15) is 0 Å². The first kappa shape index (κ1) is 13.7. The maximum Gasteiger partial charge on any atom is 1.00 e. The van der Waals surface area contributed by atoms with Gasteiger partial charge in [-0.15, -0.1) is 5.10 Å². The summed E-state index contributed by atoms with van der Waals surface area (Å²) in [5, 5.41) is 16.6. The van der Waals surface area contributed by atoms with Crippen molar-refractivity contribution in [2.45, 2.75) is 6.92 Å². The zero-order valence-electron chi connectivity index (χ0n) is 7.76. The molecular formula is C6H6KN3O4. The molecule has 0 aliphatic heterocycles. The molecule has 0 saturated heterocycles. The minimum atomic E-state index is -0.726. The van der Waals surface area contributed by atoms with Crippen LogP contribution in [0.5, 0.6) is 0 Å². The molecule has 0 aliphatic carbocycles. The molecular weight excluding hydrogens is 217 g/mol. The van der Waals surface area contributed by atoms with Crippen molar-refractivity contribution in [1.29, 1.82) is 0 Å². The van der Waals surface area contributed by atoms with Crippen LogP contribution in [0.15, 0.2) is 6.07 Å². The second-order valence-electron chi connectivity index (χ2n) is 2.07. The first-order valence-corrected chi connectivity index (χ1v) is 3.47. The molecule has 0 aliphatic rings. The fraction of sp³-hybridized carbons (Fsp3) is 0.333. The van der Waals surface area contributed by atoms with E-state index in [1.807, 2.05) is 0 Å². The topological polar surface area (TPSA) is 96.4 Å². The fourth-order valence-corrected chi connectivity index (χ4v) is 0.679. The molecule has 0 unspecified atom stereocenters. The molecule has 70 valence electrons. The van der Waals surface area contributed by atoms with Gasteiger partial charge in [-0.3, -0.25) is 0 Å². The monoisotopic (exact) mass is 223 g/mol. The van der Waals surface area contributed by atoms with E-state index in [0.29, 0.717) is 0 Å². The van der Waals surface area contributed by atoms with E-state index in [9.17, 15) is 14.9 Å². The number of ether oxygens (including phenoxy) is 1. The average Bonchev–Trinajstić information content (AvgIpc) is 2.52. The maximum atomic E-state index is 10.9. The van der Waals surface area contributed by atoms with E-state index in [1.54, 1.807) is 6.92 Å². The van der Waals surface area contributed by atoms with Crippen LogP contribution in [-0.4, -0.2) is 22.6 Å². The Kier molecular flexibility index (Phi) is 6.12. The van der Waals surface area contributed by atoms with Crippen LogP contribution >= 0.6 is 0 Å². The molecule has 0 aromatic carbocycles. The summed E-state index contributed by atoms with van der Waals surface area (Å²) in [6, 6.07) is 0.970. The van der Waals surface area contributed by atoms with E-state index in [2.05, 4.69) is 14.9 Å². The summed E-state index contributed by atoms with van der Waals surface area (Å²) in [7, 11) is 0. The third-order valence-corrected chi connectivity index (χ3v) is 1.20. The molecule has 0 amide bonds. The van der Waals surface area contributed by atoms with Crippen LogP contribution in [0.4, 0.5) is 5.82 Å². The summed E-state index contributed by atoms with van der Waals surface area (Å²) in [5.74, 6) is -1.16. The number of nitrogens with zero attached hydrogens (tertiary/aromatic N) is 3. The molecule has 14 heavy (non-hydrogen) atoms. The van der Waals surface area contributed by atoms with E-state index in [4.69, 9.17) is 0 Å². The van der Waals surface area contributed by atoms with Crippen molar-refractivity contribution < 1.29 is 65.8 Å². The Morgan fingerprint density at radius 3 is 2.86 bits per heavy atom. The summed E-state index contributed by atoms with van der Waals surface area (Å²) in [4.78, 5) is 20.4. The maximum absolute atomic E-state index is 10.9. The van der Waals surface area contributed by atoms with Gasteiger partial charge in [0.25, 0.3) is 0 Å². The minimum Gasteiger partial charge on any atom is -0.464 e. The van der Waals surface area contributed by atoms with Gasteiger partial charge in [-0.05, 0) is 17.5 Å². The molecule has 1 heterocycles. The Balaban J connectivity index is 0.00000169. The fourth-order valence-electron chi connectivity index (χ4n) is 0.679. The van der Waals surface area contributed by atoms with Crippen LogP contribution in [0.1, 0.15) is 17.4 Å². The van der Waals surface area contributed by atoms with Crippen molar-refractivity contribution in [3.05, 3.63) is 21.9 Å². The summed E-state index contributed by atoms with van der Waals surface area (Å²) in [5.41, 5.74) is -0.145. The predicted octanol–water partition coefficient (Wildman–Crippen LogP) is -2.87.